The Balaban J connectivity index is 1.96. The van der Waals surface area contributed by atoms with Gasteiger partial charge in [0, 0.05) is 0 Å². The van der Waals surface area contributed by atoms with E-state index in [1.54, 1.807) is 5.56 Å². The second kappa shape index (κ2) is 7.26. The van der Waals surface area contributed by atoms with E-state index >= 15 is 0 Å². The van der Waals surface area contributed by atoms with E-state index < -0.39 is 0 Å². The lowest BCUT2D eigenvalue weighted by Gasteiger charge is -2.29. The lowest BCUT2D eigenvalue weighted by Crippen LogP contribution is -2.25. The molecule has 1 aromatic rings. The lowest BCUT2D eigenvalue weighted by atomic mass is 9.77. The molecule has 0 radical (unpaired) electrons. The Morgan fingerprint density at radius 3 is 2.55 bits per heavy atom. The highest BCUT2D eigenvalue weighted by Gasteiger charge is 2.32. The molecule has 2 rings (SSSR count). The van der Waals surface area contributed by atoms with Crippen molar-refractivity contribution in [1.82, 2.24) is 5.32 Å². The summed E-state index contributed by atoms with van der Waals surface area (Å²) in [5.41, 5.74) is 5.06. The van der Waals surface area contributed by atoms with Crippen LogP contribution in [0, 0.1) is 19.3 Å². The Hall–Kier alpha value is -0.820. The quantitative estimate of drug-likeness (QED) is 0.704. The van der Waals surface area contributed by atoms with Crippen LogP contribution in [0.5, 0.6) is 0 Å². The van der Waals surface area contributed by atoms with Gasteiger partial charge in [0.15, 0.2) is 0 Å². The van der Waals surface area contributed by atoms with E-state index in [1.165, 1.54) is 62.6 Å². The topological polar surface area (TPSA) is 12.0 Å². The molecule has 20 heavy (non-hydrogen) atoms. The zero-order chi connectivity index (χ0) is 14.4. The first-order valence-corrected chi connectivity index (χ1v) is 8.42. The summed E-state index contributed by atoms with van der Waals surface area (Å²) in [5, 5.41) is 3.52. The van der Waals surface area contributed by atoms with Crippen LogP contribution in [0.1, 0.15) is 62.1 Å². The van der Waals surface area contributed by atoms with E-state index in [-0.39, 0.29) is 0 Å². The van der Waals surface area contributed by atoms with Gasteiger partial charge in [-0.15, -0.1) is 0 Å². The van der Waals surface area contributed by atoms with Gasteiger partial charge >= 0.3 is 0 Å². The first kappa shape index (κ1) is 15.6. The monoisotopic (exact) mass is 273 g/mol. The van der Waals surface area contributed by atoms with Gasteiger partial charge in [-0.3, -0.25) is 0 Å². The van der Waals surface area contributed by atoms with Crippen molar-refractivity contribution in [3.63, 3.8) is 0 Å². The number of aryl methyl sites for hydroxylation is 3. The minimum Gasteiger partial charge on any atom is -0.317 e. The molecule has 1 aliphatic rings. The predicted molar refractivity (Wildman–Crippen MR) is 88.3 cm³/mol. The van der Waals surface area contributed by atoms with Crippen LogP contribution in [-0.4, -0.2) is 13.1 Å². The predicted octanol–water partition coefficient (Wildman–Crippen LogP) is 4.80. The molecule has 1 fully saturated rings. The van der Waals surface area contributed by atoms with Crippen molar-refractivity contribution < 1.29 is 0 Å². The number of rotatable bonds is 7. The maximum atomic E-state index is 3.52. The van der Waals surface area contributed by atoms with Gasteiger partial charge in [0.05, 0.1) is 0 Å². The van der Waals surface area contributed by atoms with Crippen LogP contribution in [0.4, 0.5) is 0 Å². The maximum Gasteiger partial charge on any atom is -0.00437 e. The van der Waals surface area contributed by atoms with Crippen molar-refractivity contribution in [3.05, 3.63) is 34.9 Å². The van der Waals surface area contributed by atoms with E-state index in [0.29, 0.717) is 5.41 Å². The SMILES string of the molecule is CCNCCC1(CCc2cc(C)ccc2C)CCCC1. The molecule has 0 heterocycles. The average molecular weight is 273 g/mol. The summed E-state index contributed by atoms with van der Waals surface area (Å²) < 4.78 is 0. The van der Waals surface area contributed by atoms with Crippen LogP contribution in [0.3, 0.4) is 0 Å². The smallest absolute Gasteiger partial charge is 0.00437 e. The van der Waals surface area contributed by atoms with Gasteiger partial charge < -0.3 is 5.32 Å². The molecule has 112 valence electrons. The molecule has 0 spiro atoms. The van der Waals surface area contributed by atoms with Gasteiger partial charge in [-0.2, -0.15) is 0 Å². The maximum absolute atomic E-state index is 3.52. The van der Waals surface area contributed by atoms with Crippen LogP contribution in [-0.2, 0) is 6.42 Å². The number of benzene rings is 1. The minimum atomic E-state index is 0.623. The molecule has 1 aromatic carbocycles. The zero-order valence-corrected chi connectivity index (χ0v) is 13.6. The molecule has 1 N–H and O–H groups in total. The standard InChI is InChI=1S/C19H31N/c1-4-20-14-13-19(10-5-6-11-19)12-9-18-15-16(2)7-8-17(18)3/h7-8,15,20H,4-6,9-14H2,1-3H3. The summed E-state index contributed by atoms with van der Waals surface area (Å²) >= 11 is 0. The van der Waals surface area contributed by atoms with Crippen molar-refractivity contribution in [2.24, 2.45) is 5.41 Å². The van der Waals surface area contributed by atoms with Crippen LogP contribution in [0.15, 0.2) is 18.2 Å². The Labute approximate surface area is 125 Å². The van der Waals surface area contributed by atoms with Gasteiger partial charge in [-0.05, 0) is 75.6 Å². The fourth-order valence-electron chi connectivity index (χ4n) is 3.75. The zero-order valence-electron chi connectivity index (χ0n) is 13.6. The summed E-state index contributed by atoms with van der Waals surface area (Å²) in [6, 6.07) is 6.91. The summed E-state index contributed by atoms with van der Waals surface area (Å²) in [7, 11) is 0. The molecule has 0 saturated heterocycles. The fourth-order valence-corrected chi connectivity index (χ4v) is 3.75. The second-order valence-electron chi connectivity index (χ2n) is 6.74. The first-order chi connectivity index (χ1) is 9.65. The molecule has 0 amide bonds. The molecular formula is C19H31N. The number of nitrogens with one attached hydrogen (secondary N) is 1. The van der Waals surface area contributed by atoms with Crippen molar-refractivity contribution in [2.45, 2.75) is 65.7 Å². The van der Waals surface area contributed by atoms with Gasteiger partial charge in [0.1, 0.15) is 0 Å². The van der Waals surface area contributed by atoms with E-state index in [2.05, 4.69) is 44.3 Å². The van der Waals surface area contributed by atoms with Crippen molar-refractivity contribution >= 4 is 0 Å². The Morgan fingerprint density at radius 2 is 1.85 bits per heavy atom. The number of hydrogen-bond acceptors (Lipinski definition) is 1. The van der Waals surface area contributed by atoms with Crippen LogP contribution in [0.25, 0.3) is 0 Å². The minimum absolute atomic E-state index is 0.623. The summed E-state index contributed by atoms with van der Waals surface area (Å²) in [4.78, 5) is 0. The van der Waals surface area contributed by atoms with Crippen LogP contribution in [0.2, 0.25) is 0 Å². The number of hydrogen-bond donors (Lipinski definition) is 1. The highest BCUT2D eigenvalue weighted by atomic mass is 14.8. The normalized spacial score (nSPS) is 17.6. The Morgan fingerprint density at radius 1 is 1.10 bits per heavy atom. The summed E-state index contributed by atoms with van der Waals surface area (Å²) in [5.74, 6) is 0. The molecule has 1 saturated carbocycles. The Kier molecular flexibility index (Phi) is 5.65. The fraction of sp³-hybridized carbons (Fsp3) is 0.684. The third kappa shape index (κ3) is 4.09. The average Bonchev–Trinajstić information content (AvgIpc) is 2.89. The van der Waals surface area contributed by atoms with E-state index in [0.717, 1.165) is 6.54 Å². The largest absolute Gasteiger partial charge is 0.317 e. The molecule has 0 bridgehead atoms. The lowest BCUT2D eigenvalue weighted by molar-refractivity contribution is 0.246. The van der Waals surface area contributed by atoms with E-state index in [1.807, 2.05) is 0 Å². The first-order valence-electron chi connectivity index (χ1n) is 8.42. The van der Waals surface area contributed by atoms with Crippen molar-refractivity contribution in [1.29, 1.82) is 0 Å². The molecular weight excluding hydrogens is 242 g/mol. The highest BCUT2D eigenvalue weighted by molar-refractivity contribution is 5.30. The third-order valence-electron chi connectivity index (χ3n) is 5.18. The van der Waals surface area contributed by atoms with E-state index in [4.69, 9.17) is 0 Å². The molecule has 0 atom stereocenters. The van der Waals surface area contributed by atoms with Crippen molar-refractivity contribution in [2.75, 3.05) is 13.1 Å². The molecule has 0 aromatic heterocycles. The van der Waals surface area contributed by atoms with Crippen LogP contribution >= 0.6 is 0 Å². The van der Waals surface area contributed by atoms with Crippen molar-refractivity contribution in [3.8, 4) is 0 Å². The molecule has 0 unspecified atom stereocenters. The third-order valence-corrected chi connectivity index (χ3v) is 5.18. The van der Waals surface area contributed by atoms with Gasteiger partial charge in [-0.25, -0.2) is 0 Å². The highest BCUT2D eigenvalue weighted by Crippen LogP contribution is 2.44. The summed E-state index contributed by atoms with van der Waals surface area (Å²) in [6.45, 7) is 8.97. The molecule has 1 aliphatic carbocycles. The van der Waals surface area contributed by atoms with Gasteiger partial charge in [0.25, 0.3) is 0 Å². The molecule has 0 aliphatic heterocycles. The molecule has 1 nitrogen and oxygen atoms in total. The van der Waals surface area contributed by atoms with E-state index in [9.17, 15) is 0 Å². The Bertz CT molecular complexity index is 416. The molecule has 1 heteroatoms. The second-order valence-corrected chi connectivity index (χ2v) is 6.74. The van der Waals surface area contributed by atoms with Crippen LogP contribution < -0.4 is 5.32 Å². The van der Waals surface area contributed by atoms with Gasteiger partial charge in [-0.1, -0.05) is 43.5 Å². The summed E-state index contributed by atoms with van der Waals surface area (Å²) in [6.07, 6.45) is 9.79. The van der Waals surface area contributed by atoms with Gasteiger partial charge in [0.2, 0.25) is 0 Å².